The third-order valence-electron chi connectivity index (χ3n) is 7.51. The Balaban J connectivity index is 1.16. The minimum atomic E-state index is -1.15. The Morgan fingerprint density at radius 2 is 1.37 bits per heavy atom. The van der Waals surface area contributed by atoms with Gasteiger partial charge in [-0.15, -0.1) is 0 Å². The Kier molecular flexibility index (Phi) is 11.2. The van der Waals surface area contributed by atoms with Crippen LogP contribution in [-0.2, 0) is 32.0 Å². The number of nitrogens with one attached hydrogen (secondary N) is 3. The number of hydrogen-bond acceptors (Lipinski definition) is 8. The lowest BCUT2D eigenvalue weighted by molar-refractivity contribution is -0.124. The first-order valence-electron chi connectivity index (χ1n) is 15.5. The minimum absolute atomic E-state index is 0.0181. The molecular formula is C37H36BrN3O8. The molecule has 0 spiro atoms. The van der Waals surface area contributed by atoms with Crippen LogP contribution in [0.5, 0.6) is 5.75 Å². The summed E-state index contributed by atoms with van der Waals surface area (Å²) in [5.41, 5.74) is 9.48. The molecule has 4 aromatic carbocycles. The van der Waals surface area contributed by atoms with Crippen LogP contribution in [0, 0.1) is 0 Å². The van der Waals surface area contributed by atoms with Crippen LogP contribution in [0.1, 0.15) is 48.9 Å². The lowest BCUT2D eigenvalue weighted by Gasteiger charge is -2.23. The number of carbonyl (C=O) groups is 4. The molecule has 0 heterocycles. The van der Waals surface area contributed by atoms with Gasteiger partial charge in [-0.05, 0) is 66.8 Å². The van der Waals surface area contributed by atoms with Gasteiger partial charge in [0.1, 0.15) is 30.6 Å². The number of benzene rings is 4. The summed E-state index contributed by atoms with van der Waals surface area (Å²) in [7, 11) is 0. The SMILES string of the molecule is CC(C)(C)OC(=O)N[C@@H](Cc1ccc(OC(=O)OCc2ccccc2Br)cc1)C(=O)NNC(=O)OCC1c2ccccc2-c2ccccc21. The third-order valence-corrected chi connectivity index (χ3v) is 8.28. The zero-order valence-electron chi connectivity index (χ0n) is 27.2. The van der Waals surface area contributed by atoms with E-state index in [9.17, 15) is 19.2 Å². The van der Waals surface area contributed by atoms with Crippen molar-refractivity contribution in [3.63, 3.8) is 0 Å². The molecule has 0 fully saturated rings. The highest BCUT2D eigenvalue weighted by atomic mass is 79.9. The van der Waals surface area contributed by atoms with Gasteiger partial charge in [-0.25, -0.2) is 19.8 Å². The van der Waals surface area contributed by atoms with Gasteiger partial charge in [-0.3, -0.25) is 10.2 Å². The topological polar surface area (TPSA) is 141 Å². The van der Waals surface area contributed by atoms with Crippen LogP contribution in [0.3, 0.4) is 0 Å². The highest BCUT2D eigenvalue weighted by Crippen LogP contribution is 2.44. The van der Waals surface area contributed by atoms with Crippen LogP contribution in [0.4, 0.5) is 14.4 Å². The van der Waals surface area contributed by atoms with Crippen molar-refractivity contribution in [3.05, 3.63) is 124 Å². The van der Waals surface area contributed by atoms with Gasteiger partial charge >= 0.3 is 18.3 Å². The molecule has 49 heavy (non-hydrogen) atoms. The molecule has 0 unspecified atom stereocenters. The molecule has 0 radical (unpaired) electrons. The maximum Gasteiger partial charge on any atom is 0.514 e. The molecule has 11 nitrogen and oxygen atoms in total. The van der Waals surface area contributed by atoms with E-state index < -0.39 is 35.9 Å². The van der Waals surface area contributed by atoms with Crippen LogP contribution < -0.4 is 20.9 Å². The monoisotopic (exact) mass is 729 g/mol. The number of carbonyl (C=O) groups excluding carboxylic acids is 4. The lowest BCUT2D eigenvalue weighted by atomic mass is 9.98. The van der Waals surface area contributed by atoms with E-state index in [0.717, 1.165) is 32.3 Å². The van der Waals surface area contributed by atoms with E-state index in [4.69, 9.17) is 18.9 Å². The number of hydrogen-bond donors (Lipinski definition) is 3. The zero-order chi connectivity index (χ0) is 35.0. The Hall–Kier alpha value is -5.36. The summed E-state index contributed by atoms with van der Waals surface area (Å²) in [5, 5.41) is 2.55. The van der Waals surface area contributed by atoms with Crippen molar-refractivity contribution in [2.75, 3.05) is 6.61 Å². The molecular weight excluding hydrogens is 694 g/mol. The molecule has 0 bridgehead atoms. The van der Waals surface area contributed by atoms with Gasteiger partial charge in [-0.2, -0.15) is 0 Å². The van der Waals surface area contributed by atoms with Gasteiger partial charge in [0.15, 0.2) is 0 Å². The lowest BCUT2D eigenvalue weighted by Crippen LogP contribution is -2.54. The number of fused-ring (bicyclic) bond motifs is 3. The Labute approximate surface area is 292 Å². The highest BCUT2D eigenvalue weighted by Gasteiger charge is 2.30. The number of halogens is 1. The molecule has 5 rings (SSSR count). The first kappa shape index (κ1) is 35.0. The zero-order valence-corrected chi connectivity index (χ0v) is 28.7. The standard InChI is InChI=1S/C37H36BrN3O8/c1-37(2,3)49-34(43)39-32(20-23-16-18-25(19-17-23)48-36(45)47-21-24-10-4-9-15-31(24)38)33(42)40-41-35(44)46-22-30-28-13-7-5-11-26(28)27-12-6-8-14-29(27)30/h4-19,30,32H,20-22H2,1-3H3,(H,39,43)(H,40,42)(H,41,44)/t32-/m0/s1. The van der Waals surface area contributed by atoms with Crippen LogP contribution >= 0.6 is 15.9 Å². The highest BCUT2D eigenvalue weighted by molar-refractivity contribution is 9.10. The van der Waals surface area contributed by atoms with Gasteiger partial charge < -0.3 is 24.3 Å². The van der Waals surface area contributed by atoms with E-state index in [1.165, 1.54) is 12.1 Å². The van der Waals surface area contributed by atoms with Gasteiger partial charge in [0, 0.05) is 22.4 Å². The third kappa shape index (κ3) is 9.60. The second kappa shape index (κ2) is 15.7. The largest absolute Gasteiger partial charge is 0.514 e. The van der Waals surface area contributed by atoms with E-state index >= 15 is 0 Å². The van der Waals surface area contributed by atoms with Crippen LogP contribution in [-0.4, -0.2) is 42.5 Å². The molecule has 4 aromatic rings. The second-order valence-corrected chi connectivity index (χ2v) is 13.1. The fourth-order valence-electron chi connectivity index (χ4n) is 5.30. The smallest absolute Gasteiger partial charge is 0.447 e. The predicted molar refractivity (Wildman–Crippen MR) is 185 cm³/mol. The molecule has 254 valence electrons. The number of amides is 3. The van der Waals surface area contributed by atoms with Crippen molar-refractivity contribution in [2.45, 2.75) is 51.4 Å². The van der Waals surface area contributed by atoms with Crippen molar-refractivity contribution in [2.24, 2.45) is 0 Å². The maximum atomic E-state index is 13.2. The summed E-state index contributed by atoms with van der Waals surface area (Å²) < 4.78 is 22.1. The summed E-state index contributed by atoms with van der Waals surface area (Å²) in [6.45, 7) is 5.17. The Morgan fingerprint density at radius 1 is 0.755 bits per heavy atom. The second-order valence-electron chi connectivity index (χ2n) is 12.2. The number of hydrazine groups is 1. The molecule has 0 aliphatic heterocycles. The van der Waals surface area contributed by atoms with E-state index in [2.05, 4.69) is 32.1 Å². The van der Waals surface area contributed by atoms with Gasteiger partial charge in [-0.1, -0.05) is 94.8 Å². The molecule has 1 aliphatic rings. The van der Waals surface area contributed by atoms with E-state index in [1.807, 2.05) is 72.8 Å². The number of ether oxygens (including phenoxy) is 4. The molecule has 0 aromatic heterocycles. The van der Waals surface area contributed by atoms with Crippen molar-refractivity contribution < 1.29 is 38.1 Å². The van der Waals surface area contributed by atoms with E-state index in [-0.39, 0.29) is 31.3 Å². The van der Waals surface area contributed by atoms with Crippen molar-refractivity contribution in [3.8, 4) is 16.9 Å². The van der Waals surface area contributed by atoms with Crippen molar-refractivity contribution >= 4 is 40.2 Å². The summed E-state index contributed by atoms with van der Waals surface area (Å²) in [5.74, 6) is -0.649. The molecule has 3 N–H and O–H groups in total. The maximum absolute atomic E-state index is 13.2. The molecule has 3 amide bonds. The van der Waals surface area contributed by atoms with E-state index in [1.54, 1.807) is 32.9 Å². The van der Waals surface area contributed by atoms with Crippen LogP contribution in [0.15, 0.2) is 102 Å². The van der Waals surface area contributed by atoms with Crippen LogP contribution in [0.25, 0.3) is 11.1 Å². The van der Waals surface area contributed by atoms with Gasteiger partial charge in [0.05, 0.1) is 0 Å². The van der Waals surface area contributed by atoms with Gasteiger partial charge in [0.2, 0.25) is 0 Å². The summed E-state index contributed by atoms with van der Waals surface area (Å²) in [4.78, 5) is 50.7. The normalized spacial score (nSPS) is 12.5. The summed E-state index contributed by atoms with van der Waals surface area (Å²) in [6.07, 6.45) is -2.54. The van der Waals surface area contributed by atoms with Crippen molar-refractivity contribution in [1.82, 2.24) is 16.2 Å². The summed E-state index contributed by atoms with van der Waals surface area (Å²) >= 11 is 3.40. The quantitative estimate of drug-likeness (QED) is 0.0713. The molecule has 12 heteroatoms. The number of alkyl carbamates (subject to hydrolysis) is 1. The predicted octanol–water partition coefficient (Wildman–Crippen LogP) is 7.17. The first-order chi connectivity index (χ1) is 23.5. The average molecular weight is 731 g/mol. The number of rotatable bonds is 9. The Morgan fingerprint density at radius 3 is 2.00 bits per heavy atom. The average Bonchev–Trinajstić information content (AvgIpc) is 3.39. The van der Waals surface area contributed by atoms with Crippen LogP contribution in [0.2, 0.25) is 0 Å². The molecule has 0 saturated carbocycles. The molecule has 1 atom stereocenters. The fraction of sp³-hybridized carbons (Fsp3) is 0.243. The van der Waals surface area contributed by atoms with Crippen molar-refractivity contribution in [1.29, 1.82) is 0 Å². The van der Waals surface area contributed by atoms with E-state index in [0.29, 0.717) is 5.56 Å². The summed E-state index contributed by atoms with van der Waals surface area (Å²) in [6, 6.07) is 28.4. The first-order valence-corrected chi connectivity index (χ1v) is 16.3. The molecule has 0 saturated heterocycles. The van der Waals surface area contributed by atoms with Gasteiger partial charge in [0.25, 0.3) is 5.91 Å². The Bertz CT molecular complexity index is 1780. The fourth-order valence-corrected chi connectivity index (χ4v) is 5.70. The minimum Gasteiger partial charge on any atom is -0.447 e. The molecule has 1 aliphatic carbocycles.